The molecule has 4 rings (SSSR count). The summed E-state index contributed by atoms with van der Waals surface area (Å²) in [5, 5.41) is 27.3. The van der Waals surface area contributed by atoms with Crippen molar-refractivity contribution < 1.29 is 32.5 Å². The first-order valence-electron chi connectivity index (χ1n) is 10.4. The molecular weight excluding hydrogens is 540 g/mol. The SMILES string of the molecule is C=CCOc1ccc([C@]2(O)NC(=S)N[C@@H](c3ccc(-c4cccc(Cl)c4Cl)o3)[C@@]2(O)C(F)(F)F)cc1. The summed E-state index contributed by atoms with van der Waals surface area (Å²) in [6, 6.07) is 10.3. The number of rotatable bonds is 6. The Morgan fingerprint density at radius 3 is 2.44 bits per heavy atom. The van der Waals surface area contributed by atoms with Crippen molar-refractivity contribution in [3.63, 3.8) is 0 Å². The van der Waals surface area contributed by atoms with Crippen LogP contribution in [0.15, 0.2) is 71.7 Å². The minimum Gasteiger partial charge on any atom is -0.490 e. The summed E-state index contributed by atoms with van der Waals surface area (Å²) in [5.74, 6) is 0.0644. The van der Waals surface area contributed by atoms with Gasteiger partial charge in [0.1, 0.15) is 29.9 Å². The zero-order valence-corrected chi connectivity index (χ0v) is 20.6. The number of halogens is 5. The van der Waals surface area contributed by atoms with Crippen LogP contribution >= 0.6 is 35.4 Å². The average Bonchev–Trinajstić information content (AvgIpc) is 3.31. The molecule has 3 atom stereocenters. The first kappa shape index (κ1) is 26.3. The van der Waals surface area contributed by atoms with Gasteiger partial charge in [-0.05, 0) is 48.6 Å². The van der Waals surface area contributed by atoms with Crippen LogP contribution in [0.3, 0.4) is 0 Å². The number of ether oxygens (including phenoxy) is 1. The Bertz CT molecular complexity index is 1300. The highest BCUT2D eigenvalue weighted by Crippen LogP contribution is 2.52. The van der Waals surface area contributed by atoms with E-state index in [1.807, 2.05) is 0 Å². The maximum atomic E-state index is 14.6. The molecular formula is C24H19Cl2F3N2O4S. The summed E-state index contributed by atoms with van der Waals surface area (Å²) in [6.07, 6.45) is -3.88. The normalized spacial score (nSPS) is 24.1. The topological polar surface area (TPSA) is 86.9 Å². The largest absolute Gasteiger partial charge is 0.490 e. The number of aliphatic hydroxyl groups is 2. The van der Waals surface area contributed by atoms with E-state index in [2.05, 4.69) is 17.2 Å². The highest BCUT2D eigenvalue weighted by molar-refractivity contribution is 7.80. The lowest BCUT2D eigenvalue weighted by atomic mass is 9.75. The molecule has 0 amide bonds. The zero-order valence-electron chi connectivity index (χ0n) is 18.3. The minimum atomic E-state index is -5.37. The number of thiocarbonyl (C=S) groups is 1. The minimum absolute atomic E-state index is 0.0977. The fraction of sp³-hybridized carbons (Fsp3) is 0.208. The average molecular weight is 559 g/mol. The maximum absolute atomic E-state index is 14.6. The van der Waals surface area contributed by atoms with Gasteiger partial charge in [-0.1, -0.05) is 54.1 Å². The Labute approximate surface area is 219 Å². The van der Waals surface area contributed by atoms with Gasteiger partial charge < -0.3 is 30.0 Å². The third-order valence-corrected chi connectivity index (χ3v) is 6.78. The number of alkyl halides is 3. The number of hydrogen-bond donors (Lipinski definition) is 4. The molecule has 190 valence electrons. The molecule has 12 heteroatoms. The van der Waals surface area contributed by atoms with Gasteiger partial charge in [0.2, 0.25) is 11.3 Å². The van der Waals surface area contributed by atoms with Crippen molar-refractivity contribution in [2.45, 2.75) is 23.5 Å². The highest BCUT2D eigenvalue weighted by atomic mass is 35.5. The summed E-state index contributed by atoms with van der Waals surface area (Å²) in [6.45, 7) is 3.69. The van der Waals surface area contributed by atoms with E-state index in [0.29, 0.717) is 11.3 Å². The van der Waals surface area contributed by atoms with Crippen molar-refractivity contribution >= 4 is 40.5 Å². The molecule has 0 bridgehead atoms. The molecule has 6 nitrogen and oxygen atoms in total. The van der Waals surface area contributed by atoms with Crippen LogP contribution in [-0.2, 0) is 5.72 Å². The first-order valence-corrected chi connectivity index (χ1v) is 11.6. The molecule has 2 aromatic carbocycles. The molecule has 1 aliphatic heterocycles. The molecule has 1 saturated heterocycles. The number of benzene rings is 2. The van der Waals surface area contributed by atoms with Crippen LogP contribution in [0.1, 0.15) is 17.4 Å². The molecule has 0 unspecified atom stereocenters. The van der Waals surface area contributed by atoms with Crippen LogP contribution in [0.5, 0.6) is 5.75 Å². The lowest BCUT2D eigenvalue weighted by molar-refractivity contribution is -0.343. The molecule has 3 aromatic rings. The summed E-state index contributed by atoms with van der Waals surface area (Å²) >= 11 is 17.4. The Hall–Kier alpha value is -2.76. The van der Waals surface area contributed by atoms with E-state index in [9.17, 15) is 23.4 Å². The van der Waals surface area contributed by atoms with Crippen LogP contribution in [0.2, 0.25) is 10.0 Å². The monoisotopic (exact) mass is 558 g/mol. The van der Waals surface area contributed by atoms with E-state index in [1.165, 1.54) is 42.5 Å². The number of furan rings is 1. The molecule has 36 heavy (non-hydrogen) atoms. The second-order valence-electron chi connectivity index (χ2n) is 7.93. The smallest absolute Gasteiger partial charge is 0.424 e. The van der Waals surface area contributed by atoms with Crippen molar-refractivity contribution in [2.24, 2.45) is 0 Å². The van der Waals surface area contributed by atoms with Crippen molar-refractivity contribution in [3.8, 4) is 17.1 Å². The lowest BCUT2D eigenvalue weighted by Gasteiger charge is -2.52. The number of nitrogens with one attached hydrogen (secondary N) is 2. The van der Waals surface area contributed by atoms with Crippen molar-refractivity contribution in [1.82, 2.24) is 10.6 Å². The Kier molecular flexibility index (Phi) is 7.02. The van der Waals surface area contributed by atoms with Gasteiger partial charge in [0.05, 0.1) is 10.0 Å². The Morgan fingerprint density at radius 2 is 1.81 bits per heavy atom. The van der Waals surface area contributed by atoms with E-state index in [1.54, 1.807) is 18.2 Å². The predicted octanol–water partition coefficient (Wildman–Crippen LogP) is 5.48. The van der Waals surface area contributed by atoms with Gasteiger partial charge in [-0.3, -0.25) is 0 Å². The Balaban J connectivity index is 1.81. The van der Waals surface area contributed by atoms with E-state index in [0.717, 1.165) is 0 Å². The van der Waals surface area contributed by atoms with Gasteiger partial charge in [-0.25, -0.2) is 0 Å². The summed E-state index contributed by atoms with van der Waals surface area (Å²) < 4.78 is 54.9. The van der Waals surface area contributed by atoms with Gasteiger partial charge in [0, 0.05) is 11.1 Å². The fourth-order valence-electron chi connectivity index (χ4n) is 3.97. The zero-order chi connectivity index (χ0) is 26.3. The third kappa shape index (κ3) is 4.33. The van der Waals surface area contributed by atoms with Gasteiger partial charge >= 0.3 is 6.18 Å². The van der Waals surface area contributed by atoms with E-state index in [-0.39, 0.29) is 38.8 Å². The molecule has 1 aliphatic rings. The van der Waals surface area contributed by atoms with Crippen LogP contribution in [0, 0.1) is 0 Å². The Morgan fingerprint density at radius 1 is 1.11 bits per heavy atom. The summed E-state index contributed by atoms with van der Waals surface area (Å²) in [5.41, 5.74) is -6.94. The molecule has 0 aliphatic carbocycles. The quantitative estimate of drug-likeness (QED) is 0.235. The van der Waals surface area contributed by atoms with E-state index >= 15 is 0 Å². The highest BCUT2D eigenvalue weighted by Gasteiger charge is 2.74. The van der Waals surface area contributed by atoms with Gasteiger partial charge in [-0.2, -0.15) is 13.2 Å². The van der Waals surface area contributed by atoms with Crippen LogP contribution < -0.4 is 15.4 Å². The second kappa shape index (κ2) is 9.60. The predicted molar refractivity (Wildman–Crippen MR) is 133 cm³/mol. The van der Waals surface area contributed by atoms with Gasteiger partial charge in [0.25, 0.3) is 0 Å². The lowest BCUT2D eigenvalue weighted by Crippen LogP contribution is -2.77. The van der Waals surface area contributed by atoms with Crippen LogP contribution in [0.4, 0.5) is 13.2 Å². The number of hydrogen-bond acceptors (Lipinski definition) is 5. The second-order valence-corrected chi connectivity index (χ2v) is 9.13. The van der Waals surface area contributed by atoms with Crippen molar-refractivity contribution in [3.05, 3.63) is 88.6 Å². The van der Waals surface area contributed by atoms with Gasteiger partial charge in [0.15, 0.2) is 5.11 Å². The van der Waals surface area contributed by atoms with E-state index in [4.69, 9.17) is 44.6 Å². The molecule has 0 spiro atoms. The van der Waals surface area contributed by atoms with E-state index < -0.39 is 23.5 Å². The third-order valence-electron chi connectivity index (χ3n) is 5.74. The van der Waals surface area contributed by atoms with Crippen molar-refractivity contribution in [2.75, 3.05) is 6.61 Å². The van der Waals surface area contributed by atoms with Gasteiger partial charge in [-0.15, -0.1) is 0 Å². The van der Waals surface area contributed by atoms with Crippen LogP contribution in [-0.4, -0.2) is 33.7 Å². The fourth-order valence-corrected chi connectivity index (χ4v) is 4.63. The van der Waals surface area contributed by atoms with Crippen LogP contribution in [0.25, 0.3) is 11.3 Å². The molecule has 2 heterocycles. The first-order chi connectivity index (χ1) is 16.9. The molecule has 0 radical (unpaired) electrons. The maximum Gasteiger partial charge on any atom is 0.424 e. The molecule has 1 aromatic heterocycles. The summed E-state index contributed by atoms with van der Waals surface area (Å²) in [4.78, 5) is 0. The summed E-state index contributed by atoms with van der Waals surface area (Å²) in [7, 11) is 0. The molecule has 4 N–H and O–H groups in total. The molecule has 1 fully saturated rings. The molecule has 0 saturated carbocycles. The van der Waals surface area contributed by atoms with Crippen molar-refractivity contribution in [1.29, 1.82) is 0 Å². The standard InChI is InChI=1S/C24H19Cl2F3N2O4S/c1-2-12-34-14-8-6-13(7-9-14)23(33)22(32,24(27,28)29)20(30-21(36)31-23)18-11-10-17(35-18)15-4-3-5-16(25)19(15)26/h2-11,20,32-33H,1,12H2,(H2,30,31,36)/t20-,22-,23+/m0/s1.